The van der Waals surface area contributed by atoms with Crippen molar-refractivity contribution in [1.82, 2.24) is 33.2 Å². The first kappa shape index (κ1) is 53.0. The van der Waals surface area contributed by atoms with Crippen LogP contribution < -0.4 is 11.1 Å². The Morgan fingerprint density at radius 3 is 1.48 bits per heavy atom. The van der Waals surface area contributed by atoms with E-state index in [4.69, 9.17) is 27.9 Å². The first-order valence-electron chi connectivity index (χ1n) is 24.6. The van der Waals surface area contributed by atoms with Crippen LogP contribution >= 0.6 is 46.3 Å². The number of fused-ring (bicyclic) bond motifs is 2. The molecule has 388 valence electrons. The van der Waals surface area contributed by atoms with Gasteiger partial charge in [-0.25, -0.2) is 15.0 Å². The molecule has 6 aromatic carbocycles. The number of hydrogen-bond acceptors (Lipinski definition) is 10. The smallest absolute Gasteiger partial charge is 0.251 e. The Morgan fingerprint density at radius 1 is 0.597 bits per heavy atom. The van der Waals surface area contributed by atoms with E-state index in [-0.39, 0.29) is 11.1 Å². The number of imidazole rings is 2. The molecule has 11 rings (SSSR count). The van der Waals surface area contributed by atoms with Gasteiger partial charge in [-0.2, -0.15) is 0 Å². The highest BCUT2D eigenvalue weighted by Crippen LogP contribution is 2.42. The molecule has 5 heterocycles. The van der Waals surface area contributed by atoms with Crippen LogP contribution in [-0.2, 0) is 56.5 Å². The van der Waals surface area contributed by atoms with E-state index in [0.717, 1.165) is 65.3 Å². The number of pyridine rings is 2. The summed E-state index contributed by atoms with van der Waals surface area (Å²) in [5.41, 5.74) is 7.58. The van der Waals surface area contributed by atoms with Crippen molar-refractivity contribution >= 4 is 68.1 Å². The van der Waals surface area contributed by atoms with E-state index in [0.29, 0.717) is 56.9 Å². The monoisotopic (exact) mass is 1100 g/mol. The number of hydrogen-bond donors (Lipinski definition) is 2. The topological polar surface area (TPSA) is 142 Å². The van der Waals surface area contributed by atoms with Crippen LogP contribution in [0.1, 0.15) is 51.7 Å². The molecule has 5 aromatic heterocycles. The summed E-state index contributed by atoms with van der Waals surface area (Å²) >= 11 is 15.9. The van der Waals surface area contributed by atoms with Gasteiger partial charge in [-0.1, -0.05) is 120 Å². The summed E-state index contributed by atoms with van der Waals surface area (Å²) in [6.07, 6.45) is 8.53. The van der Waals surface area contributed by atoms with Crippen molar-refractivity contribution in [3.63, 3.8) is 0 Å². The van der Waals surface area contributed by atoms with Gasteiger partial charge >= 0.3 is 0 Å². The van der Waals surface area contributed by atoms with E-state index in [9.17, 15) is 19.8 Å². The molecular formula is C61H53Cl2N7O5S2. The summed E-state index contributed by atoms with van der Waals surface area (Å²) in [6, 6.07) is 45.3. The van der Waals surface area contributed by atoms with E-state index < -0.39 is 11.2 Å². The predicted molar refractivity (Wildman–Crippen MR) is 310 cm³/mol. The maximum Gasteiger partial charge on any atom is 0.251 e. The number of ether oxygens (including phenoxy) is 1. The quantitative estimate of drug-likeness (QED) is 0.102. The lowest BCUT2D eigenvalue weighted by molar-refractivity contribution is 0.117. The van der Waals surface area contributed by atoms with Gasteiger partial charge in [-0.05, 0) is 111 Å². The zero-order valence-electron chi connectivity index (χ0n) is 42.8. The summed E-state index contributed by atoms with van der Waals surface area (Å²) in [7, 11) is 7.23. The summed E-state index contributed by atoms with van der Waals surface area (Å²) in [5.74, 6) is 0.783. The summed E-state index contributed by atoms with van der Waals surface area (Å²) < 4.78 is 13.4. The Labute approximate surface area is 463 Å². The molecule has 0 radical (unpaired) electrons. The molecule has 0 spiro atoms. The van der Waals surface area contributed by atoms with Crippen LogP contribution in [0.3, 0.4) is 0 Å². The molecule has 11 aromatic rings. The van der Waals surface area contributed by atoms with Gasteiger partial charge in [0.05, 0.1) is 54.1 Å². The van der Waals surface area contributed by atoms with Gasteiger partial charge in [0.2, 0.25) is 0 Å². The van der Waals surface area contributed by atoms with Crippen molar-refractivity contribution < 1.29 is 14.9 Å². The summed E-state index contributed by atoms with van der Waals surface area (Å²) in [5, 5.41) is 29.9. The Bertz CT molecular complexity index is 4040. The number of thioether (sulfide) groups is 1. The van der Waals surface area contributed by atoms with Crippen molar-refractivity contribution in [2.75, 3.05) is 6.61 Å². The summed E-state index contributed by atoms with van der Waals surface area (Å²) in [4.78, 5) is 38.6. The molecule has 0 aliphatic carbocycles. The molecule has 0 aliphatic rings. The fourth-order valence-corrected chi connectivity index (χ4v) is 11.8. The third-order valence-corrected chi connectivity index (χ3v) is 16.5. The van der Waals surface area contributed by atoms with Gasteiger partial charge in [0.15, 0.2) is 11.2 Å². The molecule has 0 fully saturated rings. The Morgan fingerprint density at radius 2 is 1.06 bits per heavy atom. The average molecular weight is 1100 g/mol. The number of aromatic nitrogens is 7. The van der Waals surface area contributed by atoms with Crippen molar-refractivity contribution in [3.05, 3.63) is 258 Å². The second-order valence-electron chi connectivity index (χ2n) is 18.7. The van der Waals surface area contributed by atoms with Crippen LogP contribution in [0.4, 0.5) is 0 Å². The zero-order chi connectivity index (χ0) is 54.0. The molecular weight excluding hydrogens is 1050 g/mol. The van der Waals surface area contributed by atoms with E-state index >= 15 is 0 Å². The third kappa shape index (κ3) is 10.5. The van der Waals surface area contributed by atoms with Crippen molar-refractivity contribution in [2.45, 2.75) is 34.8 Å². The maximum atomic E-state index is 12.9. The fourth-order valence-electron chi connectivity index (χ4n) is 9.83. The third-order valence-electron chi connectivity index (χ3n) is 14.0. The van der Waals surface area contributed by atoms with Gasteiger partial charge < -0.3 is 33.2 Å². The van der Waals surface area contributed by atoms with E-state index in [1.165, 1.54) is 0 Å². The molecule has 0 saturated heterocycles. The maximum absolute atomic E-state index is 12.9. The second-order valence-corrected chi connectivity index (χ2v) is 21.7. The number of thiazole rings is 1. The van der Waals surface area contributed by atoms with Crippen LogP contribution in [0, 0.1) is 0 Å². The lowest BCUT2D eigenvalue weighted by Gasteiger charge is -2.30. The first-order valence-corrected chi connectivity index (χ1v) is 27.3. The predicted octanol–water partition coefficient (Wildman–Crippen LogP) is 12.0. The lowest BCUT2D eigenvalue weighted by Crippen LogP contribution is -2.31. The molecule has 0 amide bonds. The van der Waals surface area contributed by atoms with E-state index in [1.807, 2.05) is 163 Å². The largest absolute Gasteiger partial charge is 0.377 e. The van der Waals surface area contributed by atoms with Crippen molar-refractivity contribution in [3.8, 4) is 22.3 Å². The number of nitrogens with zero attached hydrogens (tertiary/aromatic N) is 7. The Kier molecular flexibility index (Phi) is 15.3. The van der Waals surface area contributed by atoms with Crippen LogP contribution in [0.5, 0.6) is 0 Å². The molecule has 16 heteroatoms. The highest BCUT2D eigenvalue weighted by molar-refractivity contribution is 8.00. The zero-order valence-corrected chi connectivity index (χ0v) is 45.9. The molecule has 12 nitrogen and oxygen atoms in total. The van der Waals surface area contributed by atoms with E-state index in [2.05, 4.69) is 15.0 Å². The highest BCUT2D eigenvalue weighted by atomic mass is 35.5. The van der Waals surface area contributed by atoms with Gasteiger partial charge in [-0.3, -0.25) is 9.59 Å². The highest BCUT2D eigenvalue weighted by Gasteiger charge is 2.38. The van der Waals surface area contributed by atoms with E-state index in [1.54, 1.807) is 95.6 Å². The number of benzene rings is 6. The molecule has 0 bridgehead atoms. The SMILES string of the molecule is CCOCc1ccc(C(O)(c2ccc3c(c2)c(-c2cccc(Cl)c2)cc(=O)n3C)c2cncn2C)cc1.Cn1cncc1C(O)(c1ccc(CSc2nccs2)cc1)c1ccc2c(c1)c(-c1cccc(Cl)c1)cc(=O)n2C. The minimum absolute atomic E-state index is 0.122. The average Bonchev–Trinajstić information content (AvgIpc) is 4.31. The van der Waals surface area contributed by atoms with Gasteiger partial charge in [0, 0.05) is 85.1 Å². The number of halogens is 2. The Hall–Kier alpha value is -7.40. The summed E-state index contributed by atoms with van der Waals surface area (Å²) in [6.45, 7) is 3.10. The van der Waals surface area contributed by atoms with Gasteiger partial charge in [0.25, 0.3) is 11.1 Å². The fraction of sp³-hybridized carbons (Fsp3) is 0.164. The second kappa shape index (κ2) is 22.3. The standard InChI is InChI=1S/C31H25ClN4O2S2.C30H28ClN3O3/c1-35-19-33-17-28(35)31(38,22-8-6-20(7-9-22)18-40-30-34-12-13-39-30)23-10-11-27-26(15-23)25(16-29(37)36(27)2)21-4-3-5-24(32)14-21;1-4-37-18-20-8-10-22(11-9-20)30(36,28-17-32-19-33(28)2)23-12-13-27-26(15-23)25(16-29(35)34(27)3)21-6-5-7-24(31)14-21/h3-17,19,38H,18H2,1-2H3;5-17,19,36H,4,18H2,1-3H3. The molecule has 77 heavy (non-hydrogen) atoms. The van der Waals surface area contributed by atoms with Gasteiger partial charge in [0.1, 0.15) is 4.34 Å². The molecule has 0 saturated carbocycles. The number of aliphatic hydroxyl groups is 2. The van der Waals surface area contributed by atoms with Crippen LogP contribution in [0.2, 0.25) is 10.0 Å². The van der Waals surface area contributed by atoms with Crippen LogP contribution in [0.25, 0.3) is 44.1 Å². The lowest BCUT2D eigenvalue weighted by atomic mass is 9.82. The minimum atomic E-state index is -1.50. The molecule has 2 N–H and O–H groups in total. The Balaban J connectivity index is 0.000000175. The number of aryl methyl sites for hydroxylation is 4. The first-order chi connectivity index (χ1) is 37.2. The molecule has 0 aliphatic heterocycles. The normalized spacial score (nSPS) is 13.1. The van der Waals surface area contributed by atoms with Crippen molar-refractivity contribution in [2.24, 2.45) is 28.2 Å². The minimum Gasteiger partial charge on any atom is -0.377 e. The molecule has 2 unspecified atom stereocenters. The van der Waals surface area contributed by atoms with Crippen LogP contribution in [-0.4, -0.2) is 50.0 Å². The van der Waals surface area contributed by atoms with Crippen molar-refractivity contribution in [1.29, 1.82) is 0 Å². The number of rotatable bonds is 14. The molecule has 2 atom stereocenters. The van der Waals surface area contributed by atoms with Crippen LogP contribution in [0.15, 0.2) is 196 Å². The van der Waals surface area contributed by atoms with Gasteiger partial charge in [-0.15, -0.1) is 11.3 Å².